The Morgan fingerprint density at radius 2 is 2.14 bits per heavy atom. The summed E-state index contributed by atoms with van der Waals surface area (Å²) in [5.74, 6) is -0.336. The van der Waals surface area contributed by atoms with Gasteiger partial charge in [-0.15, -0.1) is 5.10 Å². The Hall–Kier alpha value is -2.18. The summed E-state index contributed by atoms with van der Waals surface area (Å²) in [6, 6.07) is 2.05. The zero-order valence-corrected chi connectivity index (χ0v) is 13.1. The van der Waals surface area contributed by atoms with Gasteiger partial charge in [-0.05, 0) is 18.4 Å². The minimum Gasteiger partial charge on any atom is -0.464 e. The van der Waals surface area contributed by atoms with Crippen LogP contribution in [-0.2, 0) is 24.8 Å². The van der Waals surface area contributed by atoms with Gasteiger partial charge < -0.3 is 4.74 Å². The zero-order chi connectivity index (χ0) is 15.6. The lowest BCUT2D eigenvalue weighted by Gasteiger charge is -2.10. The van der Waals surface area contributed by atoms with Crippen molar-refractivity contribution in [3.63, 3.8) is 0 Å². The number of nitrogens with zero attached hydrogens (tertiary/aromatic N) is 5. The first kappa shape index (κ1) is 15.2. The number of ether oxygens (including phenoxy) is 1. The highest BCUT2D eigenvalue weighted by Gasteiger charge is 2.23. The summed E-state index contributed by atoms with van der Waals surface area (Å²) < 4.78 is 8.34. The lowest BCUT2D eigenvalue weighted by Crippen LogP contribution is -2.13. The molecule has 2 aromatic rings. The molecular formula is C14H21N5O2. The van der Waals surface area contributed by atoms with Crippen LogP contribution >= 0.6 is 0 Å². The standard InChI is InChI=1S/C14H21N5O2/c1-6-10-7-11(18(4)16-10)8-19-13(9(2)3)12(15-17-19)14(20)21-5/h7,9H,6,8H2,1-5H3. The van der Waals surface area contributed by atoms with Gasteiger partial charge in [0, 0.05) is 7.05 Å². The molecule has 0 unspecified atom stereocenters. The topological polar surface area (TPSA) is 74.8 Å². The number of hydrogen-bond acceptors (Lipinski definition) is 5. The van der Waals surface area contributed by atoms with Gasteiger partial charge in [-0.1, -0.05) is 26.0 Å². The molecule has 0 spiro atoms. The van der Waals surface area contributed by atoms with E-state index in [0.29, 0.717) is 6.54 Å². The number of carbonyl (C=O) groups is 1. The molecule has 0 aliphatic rings. The fourth-order valence-electron chi connectivity index (χ4n) is 2.30. The van der Waals surface area contributed by atoms with Crippen molar-refractivity contribution < 1.29 is 9.53 Å². The van der Waals surface area contributed by atoms with Gasteiger partial charge >= 0.3 is 5.97 Å². The maximum atomic E-state index is 11.8. The summed E-state index contributed by atoms with van der Waals surface area (Å²) in [4.78, 5) is 11.8. The molecule has 0 bridgehead atoms. The zero-order valence-electron chi connectivity index (χ0n) is 13.1. The number of methoxy groups -OCH3 is 1. The van der Waals surface area contributed by atoms with Crippen LogP contribution in [0.3, 0.4) is 0 Å². The van der Waals surface area contributed by atoms with Gasteiger partial charge in [-0.2, -0.15) is 5.10 Å². The highest BCUT2D eigenvalue weighted by Crippen LogP contribution is 2.19. The molecule has 0 fully saturated rings. The first-order chi connectivity index (χ1) is 9.97. The number of rotatable bonds is 5. The minimum atomic E-state index is -0.454. The van der Waals surface area contributed by atoms with E-state index in [0.717, 1.165) is 23.5 Å². The summed E-state index contributed by atoms with van der Waals surface area (Å²) in [5, 5.41) is 12.5. The predicted octanol–water partition coefficient (Wildman–Crippen LogP) is 1.53. The smallest absolute Gasteiger partial charge is 0.360 e. The molecule has 0 radical (unpaired) electrons. The van der Waals surface area contributed by atoms with Crippen LogP contribution in [0.2, 0.25) is 0 Å². The second-order valence-electron chi connectivity index (χ2n) is 5.23. The Bertz CT molecular complexity index is 642. The second kappa shape index (κ2) is 6.07. The Morgan fingerprint density at radius 1 is 1.43 bits per heavy atom. The van der Waals surface area contributed by atoms with Crippen LogP contribution in [0.5, 0.6) is 0 Å². The molecule has 7 nitrogen and oxygen atoms in total. The van der Waals surface area contributed by atoms with Crippen molar-refractivity contribution in [2.45, 2.75) is 39.7 Å². The largest absolute Gasteiger partial charge is 0.464 e. The summed E-state index contributed by atoms with van der Waals surface area (Å²) in [7, 11) is 3.25. The molecule has 0 aliphatic carbocycles. The van der Waals surface area contributed by atoms with E-state index in [9.17, 15) is 4.79 Å². The third-order valence-corrected chi connectivity index (χ3v) is 3.40. The molecule has 2 heterocycles. The average Bonchev–Trinajstić information content (AvgIpc) is 3.02. The lowest BCUT2D eigenvalue weighted by molar-refractivity contribution is 0.0592. The maximum absolute atomic E-state index is 11.8. The molecule has 0 amide bonds. The number of carbonyl (C=O) groups excluding carboxylic acids is 1. The van der Waals surface area contributed by atoms with Crippen molar-refractivity contribution in [1.29, 1.82) is 0 Å². The van der Waals surface area contributed by atoms with Crippen LogP contribution in [0, 0.1) is 0 Å². The Morgan fingerprint density at radius 3 is 2.67 bits per heavy atom. The maximum Gasteiger partial charge on any atom is 0.360 e. The minimum absolute atomic E-state index is 0.118. The van der Waals surface area contributed by atoms with Crippen molar-refractivity contribution in [2.24, 2.45) is 7.05 Å². The van der Waals surface area contributed by atoms with Crippen molar-refractivity contribution in [2.75, 3.05) is 7.11 Å². The third kappa shape index (κ3) is 2.96. The van der Waals surface area contributed by atoms with E-state index in [4.69, 9.17) is 4.74 Å². The fraction of sp³-hybridized carbons (Fsp3) is 0.571. The monoisotopic (exact) mass is 291 g/mol. The van der Waals surface area contributed by atoms with Gasteiger partial charge in [-0.3, -0.25) is 4.68 Å². The van der Waals surface area contributed by atoms with Crippen LogP contribution < -0.4 is 0 Å². The molecule has 21 heavy (non-hydrogen) atoms. The van der Waals surface area contributed by atoms with E-state index in [1.54, 1.807) is 4.68 Å². The molecule has 0 atom stereocenters. The molecule has 0 aromatic carbocycles. The van der Waals surface area contributed by atoms with Crippen molar-refractivity contribution in [3.05, 3.63) is 28.8 Å². The quantitative estimate of drug-likeness (QED) is 0.781. The Balaban J connectivity index is 2.37. The first-order valence-electron chi connectivity index (χ1n) is 7.01. The molecule has 0 aliphatic heterocycles. The van der Waals surface area contributed by atoms with E-state index in [1.807, 2.05) is 31.6 Å². The van der Waals surface area contributed by atoms with Crippen LogP contribution in [-0.4, -0.2) is 37.9 Å². The summed E-state index contributed by atoms with van der Waals surface area (Å²) in [6.45, 7) is 6.60. The summed E-state index contributed by atoms with van der Waals surface area (Å²) in [5.41, 5.74) is 3.12. The van der Waals surface area contributed by atoms with Gasteiger partial charge in [-0.25, -0.2) is 9.48 Å². The normalized spacial score (nSPS) is 11.1. The van der Waals surface area contributed by atoms with Crippen LogP contribution in [0.15, 0.2) is 6.07 Å². The predicted molar refractivity (Wildman–Crippen MR) is 77.1 cm³/mol. The highest BCUT2D eigenvalue weighted by atomic mass is 16.5. The average molecular weight is 291 g/mol. The molecule has 2 rings (SSSR count). The van der Waals surface area contributed by atoms with E-state index in [1.165, 1.54) is 7.11 Å². The van der Waals surface area contributed by atoms with Crippen LogP contribution in [0.25, 0.3) is 0 Å². The molecule has 0 saturated heterocycles. The SMILES string of the molecule is CCc1cc(Cn2nnc(C(=O)OC)c2C(C)C)n(C)n1. The summed E-state index contributed by atoms with van der Waals surface area (Å²) in [6.07, 6.45) is 0.885. The van der Waals surface area contributed by atoms with E-state index >= 15 is 0 Å². The van der Waals surface area contributed by atoms with Gasteiger partial charge in [0.05, 0.1) is 30.7 Å². The molecule has 0 saturated carbocycles. The van der Waals surface area contributed by atoms with Gasteiger partial charge in [0.25, 0.3) is 0 Å². The van der Waals surface area contributed by atoms with Crippen LogP contribution in [0.4, 0.5) is 0 Å². The van der Waals surface area contributed by atoms with Gasteiger partial charge in [0.1, 0.15) is 0 Å². The molecular weight excluding hydrogens is 270 g/mol. The Labute approximate surface area is 123 Å². The van der Waals surface area contributed by atoms with Crippen LogP contribution in [0.1, 0.15) is 54.3 Å². The third-order valence-electron chi connectivity index (χ3n) is 3.40. The first-order valence-corrected chi connectivity index (χ1v) is 7.01. The number of esters is 1. The lowest BCUT2D eigenvalue weighted by atomic mass is 10.1. The highest BCUT2D eigenvalue weighted by molar-refractivity contribution is 5.88. The number of aryl methyl sites for hydroxylation is 2. The number of hydrogen-bond donors (Lipinski definition) is 0. The molecule has 7 heteroatoms. The second-order valence-corrected chi connectivity index (χ2v) is 5.23. The molecule has 0 N–H and O–H groups in total. The molecule has 2 aromatic heterocycles. The van der Waals surface area contributed by atoms with E-state index in [-0.39, 0.29) is 11.6 Å². The molecule has 114 valence electrons. The van der Waals surface area contributed by atoms with E-state index in [2.05, 4.69) is 22.3 Å². The fourth-order valence-corrected chi connectivity index (χ4v) is 2.30. The Kier molecular flexibility index (Phi) is 4.40. The van der Waals surface area contributed by atoms with E-state index < -0.39 is 5.97 Å². The van der Waals surface area contributed by atoms with Gasteiger partial charge in [0.2, 0.25) is 0 Å². The van der Waals surface area contributed by atoms with Crippen molar-refractivity contribution in [3.8, 4) is 0 Å². The van der Waals surface area contributed by atoms with Gasteiger partial charge in [0.15, 0.2) is 5.69 Å². The van der Waals surface area contributed by atoms with Crippen molar-refractivity contribution >= 4 is 5.97 Å². The number of aromatic nitrogens is 5. The summed E-state index contributed by atoms with van der Waals surface area (Å²) >= 11 is 0. The van der Waals surface area contributed by atoms with Crippen molar-refractivity contribution in [1.82, 2.24) is 24.8 Å².